The lowest BCUT2D eigenvalue weighted by Gasteiger charge is -2.28. The molecule has 2 aliphatic rings. The van der Waals surface area contributed by atoms with Gasteiger partial charge in [0.15, 0.2) is 0 Å². The van der Waals surface area contributed by atoms with E-state index >= 15 is 0 Å². The standard InChI is InChI=1S/C23H25F4N5O3S/c24-15-9-28-6-4-16(15)30-17-3-1-2-13-14(8-23(25,26)27)20(36-19(13)17)21-31-18(35-32-21)10-29-22(33)12-5-7-34-11-12/h1-3,12,15-16,28,30H,4-11H2,(H,29,33)/t12?,15-,16+/m0/s1. The summed E-state index contributed by atoms with van der Waals surface area (Å²) in [4.78, 5) is 16.7. The molecule has 0 bridgehead atoms. The highest BCUT2D eigenvalue weighted by atomic mass is 32.1. The van der Waals surface area contributed by atoms with Crippen molar-refractivity contribution in [2.45, 2.75) is 44.2 Å². The van der Waals surface area contributed by atoms with Crippen LogP contribution in [0.1, 0.15) is 24.3 Å². The Morgan fingerprint density at radius 3 is 2.89 bits per heavy atom. The number of hydrogen-bond acceptors (Lipinski definition) is 8. The zero-order valence-electron chi connectivity index (χ0n) is 19.2. The fourth-order valence-corrected chi connectivity index (χ4v) is 5.71. The molecular weight excluding hydrogens is 502 g/mol. The van der Waals surface area contributed by atoms with Gasteiger partial charge in [-0.1, -0.05) is 17.3 Å². The van der Waals surface area contributed by atoms with Gasteiger partial charge in [0.25, 0.3) is 0 Å². The first-order valence-corrected chi connectivity index (χ1v) is 12.5. The first-order chi connectivity index (χ1) is 17.3. The molecule has 194 valence electrons. The Labute approximate surface area is 207 Å². The predicted octanol–water partition coefficient (Wildman–Crippen LogP) is 3.82. The van der Waals surface area contributed by atoms with Gasteiger partial charge in [-0.2, -0.15) is 18.2 Å². The van der Waals surface area contributed by atoms with Crippen LogP contribution in [0.5, 0.6) is 0 Å². The lowest BCUT2D eigenvalue weighted by Crippen LogP contribution is -2.45. The lowest BCUT2D eigenvalue weighted by atomic mass is 10.0. The van der Waals surface area contributed by atoms with Crippen molar-refractivity contribution in [2.24, 2.45) is 5.92 Å². The molecule has 1 unspecified atom stereocenters. The maximum Gasteiger partial charge on any atom is 0.393 e. The van der Waals surface area contributed by atoms with Crippen LogP contribution in [0.4, 0.5) is 23.2 Å². The molecule has 13 heteroatoms. The summed E-state index contributed by atoms with van der Waals surface area (Å²) in [6.45, 7) is 1.71. The molecule has 3 N–H and O–H groups in total. The van der Waals surface area contributed by atoms with Crippen molar-refractivity contribution in [3.63, 3.8) is 0 Å². The quantitative estimate of drug-likeness (QED) is 0.402. The normalized spacial score (nSPS) is 22.7. The van der Waals surface area contributed by atoms with Crippen LogP contribution in [0.15, 0.2) is 22.7 Å². The predicted molar refractivity (Wildman–Crippen MR) is 125 cm³/mol. The molecule has 1 amide bonds. The molecule has 5 rings (SSSR count). The van der Waals surface area contributed by atoms with Crippen molar-refractivity contribution in [1.82, 2.24) is 20.8 Å². The number of thiophene rings is 1. The van der Waals surface area contributed by atoms with Gasteiger partial charge in [-0.05, 0) is 36.4 Å². The van der Waals surface area contributed by atoms with Crippen LogP contribution in [0.2, 0.25) is 0 Å². The highest BCUT2D eigenvalue weighted by Crippen LogP contribution is 2.43. The average molecular weight is 528 g/mol. The number of alkyl halides is 4. The van der Waals surface area contributed by atoms with Gasteiger partial charge in [0.05, 0.1) is 46.8 Å². The van der Waals surface area contributed by atoms with E-state index in [1.165, 1.54) is 0 Å². The number of rotatable bonds is 7. The van der Waals surface area contributed by atoms with E-state index in [0.29, 0.717) is 48.4 Å². The topological polar surface area (TPSA) is 101 Å². The van der Waals surface area contributed by atoms with Gasteiger partial charge in [0, 0.05) is 13.2 Å². The lowest BCUT2D eigenvalue weighted by molar-refractivity contribution is -0.127. The van der Waals surface area contributed by atoms with Crippen LogP contribution in [0, 0.1) is 5.92 Å². The van der Waals surface area contributed by atoms with E-state index in [1.54, 1.807) is 18.2 Å². The molecule has 0 radical (unpaired) electrons. The number of aromatic nitrogens is 2. The van der Waals surface area contributed by atoms with Gasteiger partial charge in [0.1, 0.15) is 6.17 Å². The smallest absolute Gasteiger partial charge is 0.381 e. The molecule has 1 aromatic carbocycles. The molecule has 2 saturated heterocycles. The van der Waals surface area contributed by atoms with Crippen LogP contribution in [-0.2, 0) is 22.5 Å². The van der Waals surface area contributed by atoms with E-state index in [2.05, 4.69) is 26.1 Å². The highest BCUT2D eigenvalue weighted by molar-refractivity contribution is 7.23. The second-order valence-corrected chi connectivity index (χ2v) is 9.95. The average Bonchev–Trinajstić information content (AvgIpc) is 3.59. The molecular formula is C23H25F4N5O3S. The van der Waals surface area contributed by atoms with Gasteiger partial charge < -0.3 is 25.2 Å². The molecule has 3 aromatic rings. The minimum Gasteiger partial charge on any atom is -0.381 e. The summed E-state index contributed by atoms with van der Waals surface area (Å²) in [6, 6.07) is 4.55. The minimum atomic E-state index is -4.46. The molecule has 3 atom stereocenters. The monoisotopic (exact) mass is 527 g/mol. The van der Waals surface area contributed by atoms with E-state index in [1.807, 2.05) is 0 Å². The third-order valence-electron chi connectivity index (χ3n) is 6.33. The van der Waals surface area contributed by atoms with Gasteiger partial charge in [-0.25, -0.2) is 4.39 Å². The second kappa shape index (κ2) is 10.3. The van der Waals surface area contributed by atoms with Crippen LogP contribution in [0.3, 0.4) is 0 Å². The van der Waals surface area contributed by atoms with Crippen LogP contribution in [0.25, 0.3) is 20.8 Å². The third-order valence-corrected chi connectivity index (χ3v) is 7.61. The van der Waals surface area contributed by atoms with E-state index in [-0.39, 0.29) is 47.1 Å². The van der Waals surface area contributed by atoms with Crippen LogP contribution < -0.4 is 16.0 Å². The summed E-state index contributed by atoms with van der Waals surface area (Å²) in [5, 5.41) is 13.2. The number of nitrogens with zero attached hydrogens (tertiary/aromatic N) is 2. The first-order valence-electron chi connectivity index (χ1n) is 11.7. The molecule has 0 aliphatic carbocycles. The Morgan fingerprint density at radius 2 is 2.14 bits per heavy atom. The van der Waals surface area contributed by atoms with E-state index in [4.69, 9.17) is 9.26 Å². The Kier molecular flexibility index (Phi) is 7.13. The molecule has 2 aromatic heterocycles. The summed E-state index contributed by atoms with van der Waals surface area (Å²) in [5.74, 6) is -0.351. The molecule has 4 heterocycles. The van der Waals surface area contributed by atoms with Crippen LogP contribution >= 0.6 is 11.3 Å². The van der Waals surface area contributed by atoms with Gasteiger partial charge in [0.2, 0.25) is 17.6 Å². The number of halogens is 4. The van der Waals surface area contributed by atoms with Crippen molar-refractivity contribution in [3.05, 3.63) is 29.7 Å². The van der Waals surface area contributed by atoms with Crippen molar-refractivity contribution in [2.75, 3.05) is 31.6 Å². The zero-order chi connectivity index (χ0) is 25.3. The molecule has 2 aliphatic heterocycles. The molecule has 2 fully saturated rings. The van der Waals surface area contributed by atoms with Crippen molar-refractivity contribution < 1.29 is 31.6 Å². The van der Waals surface area contributed by atoms with E-state index < -0.39 is 24.8 Å². The SMILES string of the molecule is O=C(NCc1nc(-c2sc3c(N[C@@H]4CCNC[C@@H]4F)cccc3c2CC(F)(F)F)no1)C1CCOC1. The van der Waals surface area contributed by atoms with Gasteiger partial charge in [-0.15, -0.1) is 11.3 Å². The number of amides is 1. The molecule has 36 heavy (non-hydrogen) atoms. The van der Waals surface area contributed by atoms with Crippen molar-refractivity contribution in [1.29, 1.82) is 0 Å². The molecule has 0 spiro atoms. The summed E-state index contributed by atoms with van der Waals surface area (Å²) in [7, 11) is 0. The Morgan fingerprint density at radius 1 is 1.28 bits per heavy atom. The fourth-order valence-electron chi connectivity index (χ4n) is 4.49. The summed E-state index contributed by atoms with van der Waals surface area (Å²) in [6.07, 6.45) is -5.57. The number of anilines is 1. The number of benzene rings is 1. The zero-order valence-corrected chi connectivity index (χ0v) is 20.0. The minimum absolute atomic E-state index is 0.0140. The summed E-state index contributed by atoms with van der Waals surface area (Å²) in [5.41, 5.74) is 0.601. The maximum atomic E-state index is 14.4. The van der Waals surface area contributed by atoms with Gasteiger partial charge in [-0.3, -0.25) is 4.79 Å². The number of nitrogens with one attached hydrogen (secondary N) is 3. The fraction of sp³-hybridized carbons (Fsp3) is 0.522. The highest BCUT2D eigenvalue weighted by Gasteiger charge is 2.33. The van der Waals surface area contributed by atoms with E-state index in [9.17, 15) is 22.4 Å². The second-order valence-electron chi connectivity index (χ2n) is 8.93. The maximum absolute atomic E-state index is 14.4. The van der Waals surface area contributed by atoms with Crippen LogP contribution in [-0.4, -0.2) is 60.7 Å². The number of hydrogen-bond donors (Lipinski definition) is 3. The number of carbonyl (C=O) groups is 1. The number of fused-ring (bicyclic) bond motifs is 1. The van der Waals surface area contributed by atoms with Gasteiger partial charge >= 0.3 is 6.18 Å². The Hall–Kier alpha value is -2.77. The Bertz CT molecular complexity index is 1220. The largest absolute Gasteiger partial charge is 0.393 e. The summed E-state index contributed by atoms with van der Waals surface area (Å²) < 4.78 is 66.0. The number of ether oxygens (including phenoxy) is 1. The van der Waals surface area contributed by atoms with Crippen molar-refractivity contribution >= 4 is 33.0 Å². The molecule has 0 saturated carbocycles. The van der Waals surface area contributed by atoms with E-state index in [0.717, 1.165) is 11.3 Å². The number of carbonyl (C=O) groups excluding carboxylic acids is 1. The van der Waals surface area contributed by atoms with Crippen molar-refractivity contribution in [3.8, 4) is 10.7 Å². The Balaban J connectivity index is 1.43. The third kappa shape index (κ3) is 5.47. The first kappa shape index (κ1) is 24.9. The summed E-state index contributed by atoms with van der Waals surface area (Å²) >= 11 is 1.10. The molecule has 8 nitrogen and oxygen atoms in total. The number of piperidine rings is 1.